The van der Waals surface area contributed by atoms with E-state index in [-0.39, 0.29) is 0 Å². The highest BCUT2D eigenvalue weighted by Crippen LogP contribution is 2.16. The van der Waals surface area contributed by atoms with Gasteiger partial charge in [0.2, 0.25) is 0 Å². The Morgan fingerprint density at radius 2 is 2.13 bits per heavy atom. The summed E-state index contributed by atoms with van der Waals surface area (Å²) in [5.74, 6) is 0.973. The molecule has 0 saturated carbocycles. The average molecular weight is 205 g/mol. The first kappa shape index (κ1) is 10.5. The van der Waals surface area contributed by atoms with Crippen LogP contribution in [0.5, 0.6) is 5.75 Å². The molecular formula is C13H19NO. The maximum absolute atomic E-state index is 5.42. The maximum atomic E-state index is 5.42. The minimum atomic E-state index is 0.683. The summed E-state index contributed by atoms with van der Waals surface area (Å²) in [7, 11) is 0. The standard InChI is InChI=1S/C13H19NO/c1-2-15-13-7-5-11(6-8-13)10-12-4-3-9-14-12/h5-8,12,14H,2-4,9-10H2,1H3. The topological polar surface area (TPSA) is 21.3 Å². The molecule has 0 amide bonds. The summed E-state index contributed by atoms with van der Waals surface area (Å²) in [6.07, 6.45) is 3.78. The van der Waals surface area contributed by atoms with Crippen molar-refractivity contribution in [3.8, 4) is 5.75 Å². The lowest BCUT2D eigenvalue weighted by atomic mass is 10.0. The zero-order chi connectivity index (χ0) is 10.5. The zero-order valence-electron chi connectivity index (χ0n) is 9.33. The van der Waals surface area contributed by atoms with Crippen molar-refractivity contribution < 1.29 is 4.74 Å². The Labute approximate surface area is 91.6 Å². The Morgan fingerprint density at radius 1 is 1.33 bits per heavy atom. The first-order valence-corrected chi connectivity index (χ1v) is 5.83. The highest BCUT2D eigenvalue weighted by Gasteiger charge is 2.13. The van der Waals surface area contributed by atoms with Gasteiger partial charge in [-0.1, -0.05) is 12.1 Å². The third-order valence-electron chi connectivity index (χ3n) is 2.88. The second-order valence-electron chi connectivity index (χ2n) is 4.07. The van der Waals surface area contributed by atoms with Crippen LogP contribution in [0.1, 0.15) is 25.3 Å². The summed E-state index contributed by atoms with van der Waals surface area (Å²) in [6, 6.07) is 9.15. The SMILES string of the molecule is CCOc1ccc(CC2CCCN2)cc1. The molecule has 1 aromatic rings. The quantitative estimate of drug-likeness (QED) is 0.815. The summed E-state index contributed by atoms with van der Waals surface area (Å²) in [5.41, 5.74) is 1.40. The molecule has 1 unspecified atom stereocenters. The van der Waals surface area contributed by atoms with Crippen LogP contribution in [0.15, 0.2) is 24.3 Å². The van der Waals surface area contributed by atoms with Gasteiger partial charge >= 0.3 is 0 Å². The van der Waals surface area contributed by atoms with Gasteiger partial charge in [0, 0.05) is 6.04 Å². The van der Waals surface area contributed by atoms with Crippen LogP contribution in [0.3, 0.4) is 0 Å². The van der Waals surface area contributed by atoms with Crippen molar-refractivity contribution in [2.45, 2.75) is 32.2 Å². The minimum Gasteiger partial charge on any atom is -0.494 e. The van der Waals surface area contributed by atoms with Gasteiger partial charge < -0.3 is 10.1 Å². The van der Waals surface area contributed by atoms with Crippen LogP contribution in [0.2, 0.25) is 0 Å². The Morgan fingerprint density at radius 3 is 2.73 bits per heavy atom. The lowest BCUT2D eigenvalue weighted by Gasteiger charge is -2.10. The third-order valence-corrected chi connectivity index (χ3v) is 2.88. The predicted octanol–water partition coefficient (Wildman–Crippen LogP) is 2.38. The van der Waals surface area contributed by atoms with Gasteiger partial charge in [0.05, 0.1) is 6.61 Å². The fourth-order valence-corrected chi connectivity index (χ4v) is 2.10. The normalized spacial score (nSPS) is 20.5. The molecular weight excluding hydrogens is 186 g/mol. The number of ether oxygens (including phenoxy) is 1. The lowest BCUT2D eigenvalue weighted by Crippen LogP contribution is -2.23. The van der Waals surface area contributed by atoms with Crippen molar-refractivity contribution in [3.05, 3.63) is 29.8 Å². The van der Waals surface area contributed by atoms with Crippen LogP contribution in [-0.4, -0.2) is 19.2 Å². The molecule has 1 saturated heterocycles. The summed E-state index contributed by atoms with van der Waals surface area (Å²) >= 11 is 0. The predicted molar refractivity (Wildman–Crippen MR) is 62.3 cm³/mol. The van der Waals surface area contributed by atoms with E-state index < -0.39 is 0 Å². The van der Waals surface area contributed by atoms with E-state index in [9.17, 15) is 0 Å². The molecule has 1 atom stereocenters. The van der Waals surface area contributed by atoms with Gasteiger partial charge in [-0.05, 0) is 50.4 Å². The molecule has 15 heavy (non-hydrogen) atoms. The van der Waals surface area contributed by atoms with Crippen molar-refractivity contribution >= 4 is 0 Å². The average Bonchev–Trinajstić information content (AvgIpc) is 2.74. The number of rotatable bonds is 4. The molecule has 0 radical (unpaired) electrons. The number of benzene rings is 1. The second-order valence-corrected chi connectivity index (χ2v) is 4.07. The van der Waals surface area contributed by atoms with Crippen LogP contribution < -0.4 is 10.1 Å². The summed E-state index contributed by atoms with van der Waals surface area (Å²) in [5, 5.41) is 3.51. The lowest BCUT2D eigenvalue weighted by molar-refractivity contribution is 0.340. The number of hydrogen-bond acceptors (Lipinski definition) is 2. The van der Waals surface area contributed by atoms with Crippen molar-refractivity contribution in [2.75, 3.05) is 13.2 Å². The molecule has 1 aliphatic rings. The van der Waals surface area contributed by atoms with E-state index in [1.165, 1.54) is 24.9 Å². The molecule has 0 aromatic heterocycles. The van der Waals surface area contributed by atoms with Crippen LogP contribution in [-0.2, 0) is 6.42 Å². The van der Waals surface area contributed by atoms with Gasteiger partial charge in [-0.3, -0.25) is 0 Å². The van der Waals surface area contributed by atoms with Crippen molar-refractivity contribution in [1.82, 2.24) is 5.32 Å². The van der Waals surface area contributed by atoms with Crippen molar-refractivity contribution in [1.29, 1.82) is 0 Å². The van der Waals surface area contributed by atoms with E-state index in [2.05, 4.69) is 29.6 Å². The first-order chi connectivity index (χ1) is 7.38. The van der Waals surface area contributed by atoms with Crippen LogP contribution in [0.4, 0.5) is 0 Å². The Balaban J connectivity index is 1.91. The number of hydrogen-bond donors (Lipinski definition) is 1. The van der Waals surface area contributed by atoms with Gasteiger partial charge in [0.15, 0.2) is 0 Å². The van der Waals surface area contributed by atoms with E-state index >= 15 is 0 Å². The Bertz CT molecular complexity index is 288. The largest absolute Gasteiger partial charge is 0.494 e. The van der Waals surface area contributed by atoms with Crippen molar-refractivity contribution in [2.24, 2.45) is 0 Å². The first-order valence-electron chi connectivity index (χ1n) is 5.83. The molecule has 0 aliphatic carbocycles. The van der Waals surface area contributed by atoms with Gasteiger partial charge in [0.1, 0.15) is 5.75 Å². The summed E-state index contributed by atoms with van der Waals surface area (Å²) in [4.78, 5) is 0. The second kappa shape index (κ2) is 5.17. The molecule has 1 fully saturated rings. The van der Waals surface area contributed by atoms with E-state index in [1.54, 1.807) is 0 Å². The van der Waals surface area contributed by atoms with Gasteiger partial charge in [-0.25, -0.2) is 0 Å². The highest BCUT2D eigenvalue weighted by molar-refractivity contribution is 5.27. The van der Waals surface area contributed by atoms with Gasteiger partial charge in [-0.2, -0.15) is 0 Å². The molecule has 0 bridgehead atoms. The summed E-state index contributed by atoms with van der Waals surface area (Å²) < 4.78 is 5.42. The molecule has 2 nitrogen and oxygen atoms in total. The van der Waals surface area contributed by atoms with E-state index in [4.69, 9.17) is 4.74 Å². The zero-order valence-corrected chi connectivity index (χ0v) is 9.33. The van der Waals surface area contributed by atoms with Crippen LogP contribution in [0.25, 0.3) is 0 Å². The maximum Gasteiger partial charge on any atom is 0.119 e. The number of nitrogens with one attached hydrogen (secondary N) is 1. The van der Waals surface area contributed by atoms with E-state index in [1.807, 2.05) is 6.92 Å². The van der Waals surface area contributed by atoms with E-state index in [0.29, 0.717) is 6.04 Å². The summed E-state index contributed by atoms with van der Waals surface area (Å²) in [6.45, 7) is 3.93. The molecule has 2 rings (SSSR count). The molecule has 82 valence electrons. The van der Waals surface area contributed by atoms with E-state index in [0.717, 1.165) is 18.8 Å². The molecule has 1 N–H and O–H groups in total. The van der Waals surface area contributed by atoms with Crippen LogP contribution in [0, 0.1) is 0 Å². The highest BCUT2D eigenvalue weighted by atomic mass is 16.5. The van der Waals surface area contributed by atoms with Gasteiger partial charge in [-0.15, -0.1) is 0 Å². The van der Waals surface area contributed by atoms with Gasteiger partial charge in [0.25, 0.3) is 0 Å². The third kappa shape index (κ3) is 2.96. The fraction of sp³-hybridized carbons (Fsp3) is 0.538. The molecule has 1 aliphatic heterocycles. The Kier molecular flexibility index (Phi) is 3.62. The molecule has 0 spiro atoms. The minimum absolute atomic E-state index is 0.683. The fourth-order valence-electron chi connectivity index (χ4n) is 2.10. The van der Waals surface area contributed by atoms with Crippen molar-refractivity contribution in [3.63, 3.8) is 0 Å². The monoisotopic (exact) mass is 205 g/mol. The van der Waals surface area contributed by atoms with Crippen LogP contribution >= 0.6 is 0 Å². The molecule has 1 aromatic carbocycles. The smallest absolute Gasteiger partial charge is 0.119 e. The molecule has 1 heterocycles. The molecule has 2 heteroatoms. The Hall–Kier alpha value is -1.02.